The smallest absolute Gasteiger partial charge is 0.325 e. The SMILES string of the molecule is COC(=O)[C@](C)(CCCO)NCc1cnc2c(Nc3cccc(-c4cccc(/C=C(\F)c5ccc(CN6CC(C)(O)C6)c(OC)c5)c4C)c3C)nccc2c1. The zero-order valence-electron chi connectivity index (χ0n) is 32.4. The van der Waals surface area contributed by atoms with Crippen LogP contribution in [0.2, 0.25) is 0 Å². The van der Waals surface area contributed by atoms with E-state index < -0.39 is 11.1 Å². The molecular formula is C44H50FN5O5. The number of nitrogens with one attached hydrogen (secondary N) is 2. The first-order chi connectivity index (χ1) is 26.3. The summed E-state index contributed by atoms with van der Waals surface area (Å²) in [7, 11) is 2.95. The lowest BCUT2D eigenvalue weighted by atomic mass is 9.92. The fourth-order valence-electron chi connectivity index (χ4n) is 7.32. The number of pyridine rings is 2. The van der Waals surface area contributed by atoms with Gasteiger partial charge in [0, 0.05) is 67.4 Å². The third-order valence-corrected chi connectivity index (χ3v) is 10.4. The summed E-state index contributed by atoms with van der Waals surface area (Å²) in [6, 6.07) is 21.3. The molecule has 11 heteroatoms. The Balaban J connectivity index is 1.21. The first kappa shape index (κ1) is 39.5. The van der Waals surface area contributed by atoms with E-state index in [2.05, 4.69) is 26.6 Å². The van der Waals surface area contributed by atoms with E-state index in [1.165, 1.54) is 7.11 Å². The summed E-state index contributed by atoms with van der Waals surface area (Å²) < 4.78 is 26.5. The van der Waals surface area contributed by atoms with Crippen molar-refractivity contribution in [2.45, 2.75) is 64.8 Å². The van der Waals surface area contributed by atoms with Crippen LogP contribution in [0.3, 0.4) is 0 Å². The maximum absolute atomic E-state index is 15.9. The summed E-state index contributed by atoms with van der Waals surface area (Å²) >= 11 is 0. The first-order valence-electron chi connectivity index (χ1n) is 18.5. The lowest BCUT2D eigenvalue weighted by Gasteiger charge is -2.44. The van der Waals surface area contributed by atoms with Crippen LogP contribution in [0.5, 0.6) is 5.75 Å². The number of carbonyl (C=O) groups excluding carboxylic acids is 1. The van der Waals surface area contributed by atoms with Gasteiger partial charge in [-0.25, -0.2) is 9.37 Å². The number of esters is 1. The van der Waals surface area contributed by atoms with E-state index in [1.807, 2.05) is 69.3 Å². The van der Waals surface area contributed by atoms with Gasteiger partial charge in [-0.1, -0.05) is 42.5 Å². The number of halogens is 1. The van der Waals surface area contributed by atoms with E-state index in [0.717, 1.165) is 50.0 Å². The monoisotopic (exact) mass is 747 g/mol. The average Bonchev–Trinajstić information content (AvgIpc) is 3.17. The average molecular weight is 748 g/mol. The summed E-state index contributed by atoms with van der Waals surface area (Å²) in [6.45, 7) is 9.82. The highest BCUT2D eigenvalue weighted by Crippen LogP contribution is 2.36. The van der Waals surface area contributed by atoms with Crippen LogP contribution in [-0.2, 0) is 22.6 Å². The van der Waals surface area contributed by atoms with Crippen molar-refractivity contribution in [2.75, 3.05) is 39.2 Å². The van der Waals surface area contributed by atoms with E-state index in [-0.39, 0.29) is 18.4 Å². The second-order valence-corrected chi connectivity index (χ2v) is 14.9. The number of nitrogens with zero attached hydrogens (tertiary/aromatic N) is 3. The number of rotatable bonds is 15. The van der Waals surface area contributed by atoms with Crippen LogP contribution in [0.1, 0.15) is 60.1 Å². The second-order valence-electron chi connectivity index (χ2n) is 14.9. The maximum Gasteiger partial charge on any atom is 0.325 e. The van der Waals surface area contributed by atoms with Crippen molar-refractivity contribution in [1.82, 2.24) is 20.2 Å². The molecule has 5 aromatic rings. The second kappa shape index (κ2) is 16.7. The van der Waals surface area contributed by atoms with Gasteiger partial charge in [0.1, 0.15) is 22.6 Å². The minimum Gasteiger partial charge on any atom is -0.496 e. The molecule has 0 radical (unpaired) electrons. The number of hydrogen-bond acceptors (Lipinski definition) is 10. The number of ether oxygens (including phenoxy) is 2. The third kappa shape index (κ3) is 8.87. The quantitative estimate of drug-likeness (QED) is 0.0632. The number of carbonyl (C=O) groups is 1. The van der Waals surface area contributed by atoms with Crippen LogP contribution in [0, 0.1) is 13.8 Å². The van der Waals surface area contributed by atoms with Crippen LogP contribution >= 0.6 is 0 Å². The van der Waals surface area contributed by atoms with Crippen LogP contribution in [0.15, 0.2) is 79.1 Å². The minimum atomic E-state index is -0.942. The van der Waals surface area contributed by atoms with Gasteiger partial charge in [0.2, 0.25) is 0 Å². The normalized spacial score (nSPS) is 15.3. The Kier molecular flexibility index (Phi) is 12.0. The van der Waals surface area contributed by atoms with Crippen molar-refractivity contribution in [3.05, 3.63) is 113 Å². The summed E-state index contributed by atoms with van der Waals surface area (Å²) in [4.78, 5) is 24.0. The Morgan fingerprint density at radius 2 is 1.78 bits per heavy atom. The molecule has 3 heterocycles. The highest BCUT2D eigenvalue weighted by atomic mass is 19.1. The van der Waals surface area contributed by atoms with Crippen molar-refractivity contribution >= 4 is 40.3 Å². The van der Waals surface area contributed by atoms with Gasteiger partial charge in [0.05, 0.1) is 19.8 Å². The number of aliphatic hydroxyl groups is 2. The Morgan fingerprint density at radius 3 is 2.49 bits per heavy atom. The van der Waals surface area contributed by atoms with Crippen LogP contribution < -0.4 is 15.4 Å². The summed E-state index contributed by atoms with van der Waals surface area (Å²) in [5.74, 6) is 0.469. The van der Waals surface area contributed by atoms with Gasteiger partial charge in [0.25, 0.3) is 0 Å². The summed E-state index contributed by atoms with van der Waals surface area (Å²) in [6.07, 6.45) is 5.97. The molecule has 4 N–H and O–H groups in total. The summed E-state index contributed by atoms with van der Waals surface area (Å²) in [5.41, 5.74) is 6.92. The molecule has 1 atom stereocenters. The molecule has 3 aromatic carbocycles. The molecule has 0 unspecified atom stereocenters. The molecule has 2 aromatic heterocycles. The molecule has 0 spiro atoms. The predicted molar refractivity (Wildman–Crippen MR) is 216 cm³/mol. The summed E-state index contributed by atoms with van der Waals surface area (Å²) in [5, 5.41) is 27.1. The number of aromatic nitrogens is 2. The largest absolute Gasteiger partial charge is 0.496 e. The predicted octanol–water partition coefficient (Wildman–Crippen LogP) is 7.49. The third-order valence-electron chi connectivity index (χ3n) is 10.4. The van der Waals surface area contributed by atoms with Crippen molar-refractivity contribution in [1.29, 1.82) is 0 Å². The standard InChI is InChI=1S/C44H50FN5O5/c1-28-31(21-37(45)32-14-15-34(39(22-32)54-5)25-50-26-43(3,53)27-50)10-7-11-35(28)36-12-8-13-38(29(36)2)49-41-40-33(16-18-46-41)20-30(23-47-40)24-48-44(4,17-9-19-51)42(52)55-6/h7-8,10-16,18,20-23,48,51,53H,9,17,19,24-27H2,1-6H3,(H,46,49)/b37-21-/t44-/m0/s1. The molecule has 10 nitrogen and oxygen atoms in total. The zero-order chi connectivity index (χ0) is 39.3. The van der Waals surface area contributed by atoms with E-state index in [9.17, 15) is 15.0 Å². The van der Waals surface area contributed by atoms with Gasteiger partial charge < -0.3 is 25.0 Å². The zero-order valence-corrected chi connectivity index (χ0v) is 32.4. The Labute approximate surface area is 322 Å². The van der Waals surface area contributed by atoms with Crippen LogP contribution in [0.4, 0.5) is 15.9 Å². The molecular weight excluding hydrogens is 698 g/mol. The maximum atomic E-state index is 15.9. The number of fused-ring (bicyclic) bond motifs is 1. The highest BCUT2D eigenvalue weighted by Gasteiger charge is 2.36. The topological polar surface area (TPSA) is 129 Å². The number of likely N-dealkylation sites (tertiary alicyclic amines) is 1. The van der Waals surface area contributed by atoms with Crippen LogP contribution in [0.25, 0.3) is 33.9 Å². The Hall–Kier alpha value is -5.20. The number of aliphatic hydroxyl groups excluding tert-OH is 1. The van der Waals surface area contributed by atoms with E-state index in [1.54, 1.807) is 44.6 Å². The van der Waals surface area contributed by atoms with E-state index >= 15 is 4.39 Å². The minimum absolute atomic E-state index is 0.0144. The van der Waals surface area contributed by atoms with Gasteiger partial charge in [0.15, 0.2) is 5.82 Å². The molecule has 0 bridgehead atoms. The van der Waals surface area contributed by atoms with Gasteiger partial charge in [-0.2, -0.15) is 0 Å². The van der Waals surface area contributed by atoms with Gasteiger partial charge in [-0.05, 0) is 104 Å². The number of benzene rings is 3. The van der Waals surface area contributed by atoms with Crippen molar-refractivity contribution in [2.24, 2.45) is 0 Å². The molecule has 0 aliphatic carbocycles. The number of β-amino-alcohol motifs (C(OH)–C–C–N with tert-alkyl or cyclic N) is 1. The van der Waals surface area contributed by atoms with E-state index in [0.29, 0.717) is 61.7 Å². The number of methoxy groups -OCH3 is 2. The molecule has 1 fully saturated rings. The van der Waals surface area contributed by atoms with Crippen molar-refractivity contribution < 1.29 is 28.9 Å². The molecule has 1 saturated heterocycles. The lowest BCUT2D eigenvalue weighted by molar-refractivity contribution is -0.148. The molecule has 1 aliphatic rings. The Bertz CT molecular complexity index is 2220. The number of hydrogen-bond donors (Lipinski definition) is 4. The molecule has 55 heavy (non-hydrogen) atoms. The van der Waals surface area contributed by atoms with Gasteiger partial charge in [-0.15, -0.1) is 0 Å². The molecule has 1 aliphatic heterocycles. The molecule has 0 saturated carbocycles. The lowest BCUT2D eigenvalue weighted by Crippen LogP contribution is -2.59. The van der Waals surface area contributed by atoms with Crippen molar-refractivity contribution in [3.63, 3.8) is 0 Å². The molecule has 0 amide bonds. The highest BCUT2D eigenvalue weighted by molar-refractivity contribution is 5.91. The van der Waals surface area contributed by atoms with Crippen LogP contribution in [-0.4, -0.2) is 76.1 Å². The molecule has 288 valence electrons. The fourth-order valence-corrected chi connectivity index (χ4v) is 7.32. The fraction of sp³-hybridized carbons (Fsp3) is 0.341. The van der Waals surface area contributed by atoms with Gasteiger partial charge in [-0.3, -0.25) is 20.0 Å². The molecule has 6 rings (SSSR count). The Morgan fingerprint density at radius 1 is 1.04 bits per heavy atom. The first-order valence-corrected chi connectivity index (χ1v) is 18.5. The van der Waals surface area contributed by atoms with E-state index in [4.69, 9.17) is 14.5 Å². The number of anilines is 2. The van der Waals surface area contributed by atoms with Crippen molar-refractivity contribution in [3.8, 4) is 16.9 Å². The van der Waals surface area contributed by atoms with Gasteiger partial charge >= 0.3 is 5.97 Å².